The molecule has 2 aromatic rings. The lowest BCUT2D eigenvalue weighted by atomic mass is 9.92. The molecule has 2 N–H and O–H groups in total. The summed E-state index contributed by atoms with van der Waals surface area (Å²) >= 11 is 0. The Morgan fingerprint density at radius 1 is 1.09 bits per heavy atom. The minimum absolute atomic E-state index is 0.0578. The van der Waals surface area contributed by atoms with Crippen LogP contribution in [0.4, 0.5) is 0 Å². The maximum atomic E-state index is 12.6. The molecule has 1 heterocycles. The Hall–Kier alpha value is -2.73. The van der Waals surface area contributed by atoms with Crippen molar-refractivity contribution in [3.63, 3.8) is 0 Å². The number of carbonyl (C=O) groups is 1. The van der Waals surface area contributed by atoms with Gasteiger partial charge in [-0.15, -0.1) is 0 Å². The van der Waals surface area contributed by atoms with Gasteiger partial charge in [-0.05, 0) is 29.8 Å². The first-order chi connectivity index (χ1) is 11.1. The minimum atomic E-state index is -0.927. The summed E-state index contributed by atoms with van der Waals surface area (Å²) in [6.07, 6.45) is -1.66. The molecule has 120 valence electrons. The van der Waals surface area contributed by atoms with E-state index in [1.165, 1.54) is 26.4 Å². The summed E-state index contributed by atoms with van der Waals surface area (Å²) in [4.78, 5) is 12.6. The Labute approximate surface area is 132 Å². The quantitative estimate of drug-likeness (QED) is 0.904. The molecular weight excluding hydrogens is 300 g/mol. The van der Waals surface area contributed by atoms with Crippen LogP contribution in [0, 0.1) is 0 Å². The van der Waals surface area contributed by atoms with E-state index in [1.807, 2.05) is 0 Å². The van der Waals surface area contributed by atoms with Crippen LogP contribution >= 0.6 is 0 Å². The van der Waals surface area contributed by atoms with Crippen LogP contribution in [-0.2, 0) is 4.74 Å². The zero-order chi connectivity index (χ0) is 16.6. The highest BCUT2D eigenvalue weighted by Gasteiger charge is 2.40. The average molecular weight is 316 g/mol. The molecule has 3 rings (SSSR count). The number of phenols is 2. The topological polar surface area (TPSA) is 85.2 Å². The number of ketones is 1. The maximum absolute atomic E-state index is 12.6. The van der Waals surface area contributed by atoms with Crippen molar-refractivity contribution in [3.05, 3.63) is 47.5 Å². The molecule has 0 radical (unpaired) electrons. The maximum Gasteiger partial charge on any atom is 0.203 e. The first kappa shape index (κ1) is 15.2. The highest BCUT2D eigenvalue weighted by atomic mass is 16.5. The van der Waals surface area contributed by atoms with Crippen LogP contribution in [0.1, 0.15) is 22.0 Å². The van der Waals surface area contributed by atoms with E-state index >= 15 is 0 Å². The van der Waals surface area contributed by atoms with Gasteiger partial charge in [-0.2, -0.15) is 0 Å². The zero-order valence-electron chi connectivity index (χ0n) is 12.6. The summed E-state index contributed by atoms with van der Waals surface area (Å²) in [5, 5.41) is 19.8. The molecule has 1 aliphatic heterocycles. The molecule has 0 spiro atoms. The van der Waals surface area contributed by atoms with Crippen molar-refractivity contribution in [2.75, 3.05) is 14.2 Å². The Balaban J connectivity index is 2.06. The number of phenolic OH excluding ortho intramolecular Hbond substituents is 2. The van der Waals surface area contributed by atoms with Gasteiger partial charge in [-0.25, -0.2) is 0 Å². The van der Waals surface area contributed by atoms with Gasteiger partial charge >= 0.3 is 0 Å². The first-order valence-corrected chi connectivity index (χ1v) is 6.99. The van der Waals surface area contributed by atoms with Gasteiger partial charge in [0.05, 0.1) is 7.11 Å². The molecule has 2 aromatic carbocycles. The number of carbonyl (C=O) groups excluding carboxylic acids is 1. The van der Waals surface area contributed by atoms with Crippen molar-refractivity contribution in [1.82, 2.24) is 0 Å². The zero-order valence-corrected chi connectivity index (χ0v) is 12.6. The summed E-state index contributed by atoms with van der Waals surface area (Å²) < 4.78 is 16.1. The van der Waals surface area contributed by atoms with Gasteiger partial charge in [0.15, 0.2) is 23.7 Å². The fourth-order valence-electron chi connectivity index (χ4n) is 2.70. The fourth-order valence-corrected chi connectivity index (χ4v) is 2.70. The van der Waals surface area contributed by atoms with E-state index in [0.29, 0.717) is 11.3 Å². The second-order valence-corrected chi connectivity index (χ2v) is 5.14. The normalized spacial score (nSPS) is 19.8. The van der Waals surface area contributed by atoms with Crippen LogP contribution in [0.15, 0.2) is 36.4 Å². The van der Waals surface area contributed by atoms with E-state index in [-0.39, 0.29) is 28.6 Å². The molecule has 6 nitrogen and oxygen atoms in total. The lowest BCUT2D eigenvalue weighted by Gasteiger charge is -2.32. The van der Waals surface area contributed by atoms with Crippen LogP contribution in [0.2, 0.25) is 0 Å². The summed E-state index contributed by atoms with van der Waals surface area (Å²) in [5.74, 6) is 0.0295. The molecule has 6 heteroatoms. The highest BCUT2D eigenvalue weighted by Crippen LogP contribution is 2.41. The standard InChI is InChI=1S/C17H16O6/c1-21-12-7-6-9(8-11(12)19)16-17(22-2)15(20)14-10(18)4-3-5-13(14)23-16/h3-8,16-19H,1-2H3/t16-,17+/m0/s1. The van der Waals surface area contributed by atoms with Gasteiger partial charge in [0.25, 0.3) is 0 Å². The van der Waals surface area contributed by atoms with Crippen molar-refractivity contribution >= 4 is 5.78 Å². The van der Waals surface area contributed by atoms with Crippen molar-refractivity contribution in [3.8, 4) is 23.0 Å². The van der Waals surface area contributed by atoms with Crippen LogP contribution in [0.5, 0.6) is 23.0 Å². The Kier molecular flexibility index (Phi) is 3.83. The summed E-state index contributed by atoms with van der Waals surface area (Å²) in [6.45, 7) is 0. The highest BCUT2D eigenvalue weighted by molar-refractivity contribution is 6.05. The number of hydrogen-bond donors (Lipinski definition) is 2. The second-order valence-electron chi connectivity index (χ2n) is 5.14. The predicted molar refractivity (Wildman–Crippen MR) is 81.3 cm³/mol. The number of fused-ring (bicyclic) bond motifs is 1. The third-order valence-corrected chi connectivity index (χ3v) is 3.82. The Morgan fingerprint density at radius 2 is 1.87 bits per heavy atom. The average Bonchev–Trinajstić information content (AvgIpc) is 2.54. The lowest BCUT2D eigenvalue weighted by Crippen LogP contribution is -2.37. The predicted octanol–water partition coefficient (Wildman–Crippen LogP) is 2.44. The fraction of sp³-hybridized carbons (Fsp3) is 0.235. The number of methoxy groups -OCH3 is 2. The third-order valence-electron chi connectivity index (χ3n) is 3.82. The first-order valence-electron chi connectivity index (χ1n) is 6.99. The minimum Gasteiger partial charge on any atom is -0.507 e. The van der Waals surface area contributed by atoms with Gasteiger partial charge in [-0.1, -0.05) is 12.1 Å². The summed E-state index contributed by atoms with van der Waals surface area (Å²) in [5.41, 5.74) is 0.672. The van der Waals surface area contributed by atoms with Gasteiger partial charge < -0.3 is 24.4 Å². The monoisotopic (exact) mass is 316 g/mol. The molecule has 0 aromatic heterocycles. The summed E-state index contributed by atoms with van der Waals surface area (Å²) in [7, 11) is 2.85. The van der Waals surface area contributed by atoms with Gasteiger partial charge in [0.2, 0.25) is 5.78 Å². The van der Waals surface area contributed by atoms with Gasteiger partial charge in [-0.3, -0.25) is 4.79 Å². The van der Waals surface area contributed by atoms with Gasteiger partial charge in [0.1, 0.15) is 17.1 Å². The van der Waals surface area contributed by atoms with Gasteiger partial charge in [0, 0.05) is 7.11 Å². The second kappa shape index (κ2) is 5.81. The van der Waals surface area contributed by atoms with E-state index in [0.717, 1.165) is 0 Å². The van der Waals surface area contributed by atoms with Crippen molar-refractivity contribution in [2.45, 2.75) is 12.2 Å². The lowest BCUT2D eigenvalue weighted by molar-refractivity contribution is -0.00107. The smallest absolute Gasteiger partial charge is 0.203 e. The number of hydrogen-bond acceptors (Lipinski definition) is 6. The molecule has 0 fully saturated rings. The van der Waals surface area contributed by atoms with E-state index in [2.05, 4.69) is 0 Å². The van der Waals surface area contributed by atoms with E-state index in [4.69, 9.17) is 14.2 Å². The number of benzene rings is 2. The molecule has 0 amide bonds. The largest absolute Gasteiger partial charge is 0.507 e. The van der Waals surface area contributed by atoms with Crippen molar-refractivity contribution < 1.29 is 29.2 Å². The van der Waals surface area contributed by atoms with Crippen LogP contribution in [0.3, 0.4) is 0 Å². The SMILES string of the molecule is COc1ccc([C@@H]2Oc3cccc(O)c3C(=O)[C@H]2OC)cc1O. The molecule has 0 saturated carbocycles. The number of ether oxygens (including phenoxy) is 3. The molecule has 2 atom stereocenters. The van der Waals surface area contributed by atoms with E-state index in [1.54, 1.807) is 24.3 Å². The molecule has 0 aliphatic carbocycles. The van der Waals surface area contributed by atoms with Crippen LogP contribution in [0.25, 0.3) is 0 Å². The van der Waals surface area contributed by atoms with Crippen molar-refractivity contribution in [2.24, 2.45) is 0 Å². The Bertz CT molecular complexity index is 755. The molecule has 1 aliphatic rings. The Morgan fingerprint density at radius 3 is 2.52 bits per heavy atom. The van der Waals surface area contributed by atoms with E-state index in [9.17, 15) is 15.0 Å². The third kappa shape index (κ3) is 2.47. The van der Waals surface area contributed by atoms with Crippen molar-refractivity contribution in [1.29, 1.82) is 0 Å². The molecule has 0 saturated heterocycles. The number of Topliss-reactive ketones (excluding diaryl/α,β-unsaturated/α-hetero) is 1. The molecular formula is C17H16O6. The molecule has 0 bridgehead atoms. The van der Waals surface area contributed by atoms with E-state index < -0.39 is 12.2 Å². The number of rotatable bonds is 3. The number of aromatic hydroxyl groups is 2. The van der Waals surface area contributed by atoms with Crippen LogP contribution < -0.4 is 9.47 Å². The molecule has 0 unspecified atom stereocenters. The van der Waals surface area contributed by atoms with Crippen LogP contribution in [-0.4, -0.2) is 36.3 Å². The summed E-state index contributed by atoms with van der Waals surface area (Å²) in [6, 6.07) is 9.37. The molecule has 23 heavy (non-hydrogen) atoms.